The number of hydrogen-bond acceptors (Lipinski definition) is 3. The number of anilines is 1. The molecule has 0 atom stereocenters. The molecule has 0 saturated carbocycles. The van der Waals surface area contributed by atoms with E-state index in [2.05, 4.69) is 5.32 Å². The molecule has 2 aromatic carbocycles. The molecule has 25 heavy (non-hydrogen) atoms. The van der Waals surface area contributed by atoms with Crippen LogP contribution in [0.4, 0.5) is 14.5 Å². The van der Waals surface area contributed by atoms with Gasteiger partial charge in [0.1, 0.15) is 11.6 Å². The Morgan fingerprint density at radius 2 is 1.76 bits per heavy atom. The van der Waals surface area contributed by atoms with Gasteiger partial charge in [0.05, 0.1) is 16.8 Å². The Labute approximate surface area is 142 Å². The molecule has 0 fully saturated rings. The minimum Gasteiger partial charge on any atom is -0.324 e. The number of amides is 3. The normalized spacial score (nSPS) is 13.2. The van der Waals surface area contributed by atoms with Crippen LogP contribution in [0.3, 0.4) is 0 Å². The van der Waals surface area contributed by atoms with Crippen molar-refractivity contribution in [2.45, 2.75) is 13.3 Å². The molecule has 1 aliphatic heterocycles. The van der Waals surface area contributed by atoms with Crippen LogP contribution in [-0.2, 0) is 4.79 Å². The van der Waals surface area contributed by atoms with Crippen LogP contribution in [0.15, 0.2) is 36.4 Å². The molecule has 0 radical (unpaired) electrons. The average Bonchev–Trinajstić information content (AvgIpc) is 2.79. The third kappa shape index (κ3) is 3.26. The first kappa shape index (κ1) is 16.8. The third-order valence-corrected chi connectivity index (χ3v) is 3.89. The molecule has 0 bridgehead atoms. The summed E-state index contributed by atoms with van der Waals surface area (Å²) < 4.78 is 26.4. The van der Waals surface area contributed by atoms with Crippen LogP contribution in [0.1, 0.15) is 32.7 Å². The molecule has 0 unspecified atom stereocenters. The van der Waals surface area contributed by atoms with E-state index in [1.165, 1.54) is 0 Å². The molecule has 0 saturated heterocycles. The van der Waals surface area contributed by atoms with Gasteiger partial charge in [0.25, 0.3) is 11.8 Å². The van der Waals surface area contributed by atoms with Crippen LogP contribution < -0.4 is 5.32 Å². The van der Waals surface area contributed by atoms with Gasteiger partial charge in [-0.2, -0.15) is 0 Å². The predicted molar refractivity (Wildman–Crippen MR) is 86.2 cm³/mol. The van der Waals surface area contributed by atoms with Gasteiger partial charge < -0.3 is 5.32 Å². The summed E-state index contributed by atoms with van der Waals surface area (Å²) in [4.78, 5) is 37.5. The van der Waals surface area contributed by atoms with Crippen LogP contribution in [-0.4, -0.2) is 29.2 Å². The number of nitrogens with one attached hydrogen (secondary N) is 1. The highest BCUT2D eigenvalue weighted by Gasteiger charge is 2.35. The van der Waals surface area contributed by atoms with Gasteiger partial charge in [0.15, 0.2) is 0 Å². The van der Waals surface area contributed by atoms with E-state index in [9.17, 15) is 23.2 Å². The van der Waals surface area contributed by atoms with Gasteiger partial charge in [-0.05, 0) is 31.2 Å². The highest BCUT2D eigenvalue weighted by atomic mass is 19.1. The van der Waals surface area contributed by atoms with Crippen LogP contribution in [0.2, 0.25) is 0 Å². The molecule has 128 valence electrons. The van der Waals surface area contributed by atoms with Crippen molar-refractivity contribution in [2.24, 2.45) is 0 Å². The lowest BCUT2D eigenvalue weighted by molar-refractivity contribution is -0.116. The molecule has 0 spiro atoms. The monoisotopic (exact) mass is 344 g/mol. The van der Waals surface area contributed by atoms with E-state index in [0.717, 1.165) is 22.6 Å². The van der Waals surface area contributed by atoms with Gasteiger partial charge in [0.2, 0.25) is 5.91 Å². The van der Waals surface area contributed by atoms with Gasteiger partial charge in [-0.15, -0.1) is 0 Å². The van der Waals surface area contributed by atoms with E-state index in [0.29, 0.717) is 17.2 Å². The maximum Gasteiger partial charge on any atom is 0.261 e. The lowest BCUT2D eigenvalue weighted by Crippen LogP contribution is -2.33. The number of aryl methyl sites for hydroxylation is 1. The van der Waals surface area contributed by atoms with E-state index in [4.69, 9.17) is 0 Å². The molecule has 5 nitrogen and oxygen atoms in total. The Morgan fingerprint density at radius 1 is 1.04 bits per heavy atom. The minimum atomic E-state index is -0.899. The maximum atomic E-state index is 13.5. The van der Waals surface area contributed by atoms with Crippen LogP contribution in [0.5, 0.6) is 0 Å². The largest absolute Gasteiger partial charge is 0.324 e. The van der Waals surface area contributed by atoms with Gasteiger partial charge in [-0.25, -0.2) is 8.78 Å². The number of imide groups is 1. The van der Waals surface area contributed by atoms with Crippen molar-refractivity contribution < 1.29 is 23.2 Å². The fourth-order valence-corrected chi connectivity index (χ4v) is 2.62. The second-order valence-corrected chi connectivity index (χ2v) is 5.73. The number of halogens is 2. The summed E-state index contributed by atoms with van der Waals surface area (Å²) >= 11 is 0. The zero-order valence-electron chi connectivity index (χ0n) is 13.3. The van der Waals surface area contributed by atoms with Crippen molar-refractivity contribution in [3.63, 3.8) is 0 Å². The first-order chi connectivity index (χ1) is 11.9. The summed E-state index contributed by atoms with van der Waals surface area (Å²) in [5, 5.41) is 2.29. The molecular formula is C18H14F2N2O3. The zero-order chi connectivity index (χ0) is 18.1. The van der Waals surface area contributed by atoms with Crippen LogP contribution in [0, 0.1) is 18.6 Å². The number of carbonyl (C=O) groups excluding carboxylic acids is 3. The summed E-state index contributed by atoms with van der Waals surface area (Å²) in [5.41, 5.74) is 1.31. The highest BCUT2D eigenvalue weighted by molar-refractivity contribution is 6.21. The molecule has 7 heteroatoms. The smallest absolute Gasteiger partial charge is 0.261 e. The minimum absolute atomic E-state index is 0.125. The summed E-state index contributed by atoms with van der Waals surface area (Å²) in [6.45, 7) is 1.69. The number of carbonyl (C=O) groups is 3. The molecule has 3 rings (SSSR count). The van der Waals surface area contributed by atoms with E-state index in [-0.39, 0.29) is 18.7 Å². The standard InChI is InChI=1S/C18H14F2N2O3/c1-10-2-4-12-13(8-10)18(25)22(17(12)24)7-6-16(23)21-15-5-3-11(19)9-14(15)20/h2-5,8-9H,6-7H2,1H3,(H,21,23). The maximum absolute atomic E-state index is 13.5. The van der Waals surface area contributed by atoms with Crippen molar-refractivity contribution >= 4 is 23.4 Å². The Kier molecular flexibility index (Phi) is 4.31. The summed E-state index contributed by atoms with van der Waals surface area (Å²) in [7, 11) is 0. The van der Waals surface area contributed by atoms with E-state index >= 15 is 0 Å². The van der Waals surface area contributed by atoms with Crippen molar-refractivity contribution in [1.82, 2.24) is 4.90 Å². The fraction of sp³-hybridized carbons (Fsp3) is 0.167. The Hall–Kier alpha value is -3.09. The number of hydrogen-bond donors (Lipinski definition) is 1. The zero-order valence-corrected chi connectivity index (χ0v) is 13.3. The number of rotatable bonds is 4. The van der Waals surface area contributed by atoms with Gasteiger partial charge >= 0.3 is 0 Å². The van der Waals surface area contributed by atoms with Crippen molar-refractivity contribution in [2.75, 3.05) is 11.9 Å². The lowest BCUT2D eigenvalue weighted by Gasteiger charge is -2.13. The summed E-state index contributed by atoms with van der Waals surface area (Å²) in [6, 6.07) is 7.72. The highest BCUT2D eigenvalue weighted by Crippen LogP contribution is 2.24. The van der Waals surface area contributed by atoms with Gasteiger partial charge in [-0.1, -0.05) is 11.6 Å². The molecule has 3 amide bonds. The van der Waals surface area contributed by atoms with Gasteiger partial charge in [0, 0.05) is 19.0 Å². The number of fused-ring (bicyclic) bond motifs is 1. The van der Waals surface area contributed by atoms with Gasteiger partial charge in [-0.3, -0.25) is 19.3 Å². The third-order valence-electron chi connectivity index (χ3n) is 3.89. The fourth-order valence-electron chi connectivity index (χ4n) is 2.62. The topological polar surface area (TPSA) is 66.5 Å². The second-order valence-electron chi connectivity index (χ2n) is 5.73. The van der Waals surface area contributed by atoms with E-state index < -0.39 is 29.4 Å². The molecule has 1 aliphatic rings. The summed E-state index contributed by atoms with van der Waals surface area (Å²) in [5.74, 6) is -3.15. The van der Waals surface area contributed by atoms with Crippen LogP contribution >= 0.6 is 0 Å². The molecule has 1 N–H and O–H groups in total. The molecule has 0 aliphatic carbocycles. The lowest BCUT2D eigenvalue weighted by atomic mass is 10.1. The molecule has 0 aromatic heterocycles. The molecule has 1 heterocycles. The number of benzene rings is 2. The van der Waals surface area contributed by atoms with Crippen molar-refractivity contribution in [3.8, 4) is 0 Å². The SMILES string of the molecule is Cc1ccc2c(c1)C(=O)N(CCC(=O)Nc1ccc(F)cc1F)C2=O. The molecular weight excluding hydrogens is 330 g/mol. The first-order valence-electron chi connectivity index (χ1n) is 7.58. The van der Waals surface area contributed by atoms with E-state index in [1.54, 1.807) is 18.2 Å². The second kappa shape index (κ2) is 6.43. The van der Waals surface area contributed by atoms with Crippen LogP contribution in [0.25, 0.3) is 0 Å². The van der Waals surface area contributed by atoms with Crippen molar-refractivity contribution in [1.29, 1.82) is 0 Å². The first-order valence-corrected chi connectivity index (χ1v) is 7.58. The Bertz CT molecular complexity index is 896. The Balaban J connectivity index is 1.65. The quantitative estimate of drug-likeness (QED) is 0.868. The summed E-state index contributed by atoms with van der Waals surface area (Å²) in [6.07, 6.45) is -0.193. The molecule has 2 aromatic rings. The predicted octanol–water partition coefficient (Wildman–Crippen LogP) is 2.90. The Morgan fingerprint density at radius 3 is 2.48 bits per heavy atom. The number of nitrogens with zero attached hydrogens (tertiary/aromatic N) is 1. The van der Waals surface area contributed by atoms with Crippen molar-refractivity contribution in [3.05, 3.63) is 64.7 Å². The average molecular weight is 344 g/mol. The van der Waals surface area contributed by atoms with E-state index in [1.807, 2.05) is 6.92 Å².